The van der Waals surface area contributed by atoms with Crippen LogP contribution in [0.4, 0.5) is 0 Å². The van der Waals surface area contributed by atoms with Crippen molar-refractivity contribution in [2.24, 2.45) is 0 Å². The number of hydrogen-bond acceptors (Lipinski definition) is 6. The zero-order valence-corrected chi connectivity index (χ0v) is 18.1. The molecule has 0 bridgehead atoms. The molecule has 1 aliphatic rings. The molecule has 1 atom stereocenters. The van der Waals surface area contributed by atoms with Gasteiger partial charge >= 0.3 is 11.6 Å². The SMILES string of the molecule is CC[C@@H](NS(=O)(=O)c1ccc(C)cc1)C(=O)Oc1ccc2c3c(c(=O)oc2c1)CCC3. The number of fused-ring (bicyclic) bond motifs is 3. The normalized spacial score (nSPS) is 14.4. The summed E-state index contributed by atoms with van der Waals surface area (Å²) < 4.78 is 38.5. The fraction of sp³-hybridized carbons (Fsp3) is 0.304. The lowest BCUT2D eigenvalue weighted by atomic mass is 10.1. The van der Waals surface area contributed by atoms with Gasteiger partial charge in [-0.2, -0.15) is 4.72 Å². The second-order valence-corrected chi connectivity index (χ2v) is 9.39. The summed E-state index contributed by atoms with van der Waals surface area (Å²) in [5.74, 6) is -0.548. The largest absolute Gasteiger partial charge is 0.425 e. The third kappa shape index (κ3) is 4.26. The minimum absolute atomic E-state index is 0.0747. The summed E-state index contributed by atoms with van der Waals surface area (Å²) in [5, 5.41) is 0.832. The first-order valence-electron chi connectivity index (χ1n) is 10.2. The molecule has 3 aromatic rings. The van der Waals surface area contributed by atoms with E-state index in [0.29, 0.717) is 17.6 Å². The number of sulfonamides is 1. The molecule has 2 aromatic carbocycles. The van der Waals surface area contributed by atoms with Gasteiger partial charge in [0, 0.05) is 17.0 Å². The number of rotatable bonds is 6. The minimum Gasteiger partial charge on any atom is -0.425 e. The molecule has 31 heavy (non-hydrogen) atoms. The fourth-order valence-corrected chi connectivity index (χ4v) is 5.05. The minimum atomic E-state index is -3.88. The summed E-state index contributed by atoms with van der Waals surface area (Å²) >= 11 is 0. The molecule has 1 heterocycles. The van der Waals surface area contributed by atoms with Crippen LogP contribution < -0.4 is 15.1 Å². The van der Waals surface area contributed by atoms with Crippen LogP contribution in [0.1, 0.15) is 36.5 Å². The predicted octanol–water partition coefficient (Wildman–Crippen LogP) is 3.25. The van der Waals surface area contributed by atoms with Crippen molar-refractivity contribution in [3.05, 3.63) is 69.6 Å². The molecular weight excluding hydrogens is 418 g/mol. The maximum atomic E-state index is 12.7. The van der Waals surface area contributed by atoms with Crippen LogP contribution >= 0.6 is 0 Å². The van der Waals surface area contributed by atoms with Gasteiger partial charge < -0.3 is 9.15 Å². The van der Waals surface area contributed by atoms with Crippen molar-refractivity contribution in [3.63, 3.8) is 0 Å². The third-order valence-corrected chi connectivity index (χ3v) is 6.97. The highest BCUT2D eigenvalue weighted by atomic mass is 32.2. The second-order valence-electron chi connectivity index (χ2n) is 7.67. The Kier molecular flexibility index (Phi) is 5.68. The van der Waals surface area contributed by atoms with E-state index in [4.69, 9.17) is 9.15 Å². The van der Waals surface area contributed by atoms with E-state index >= 15 is 0 Å². The van der Waals surface area contributed by atoms with Gasteiger partial charge in [0.25, 0.3) is 0 Å². The molecule has 0 amide bonds. The third-order valence-electron chi connectivity index (χ3n) is 5.48. The molecule has 0 saturated heterocycles. The lowest BCUT2D eigenvalue weighted by molar-refractivity contribution is -0.136. The monoisotopic (exact) mass is 441 g/mol. The Bertz CT molecular complexity index is 1310. The number of esters is 1. The standard InChI is InChI=1S/C23H23NO6S/c1-3-20(24-31(27,28)16-10-7-14(2)8-11-16)23(26)29-15-9-12-18-17-5-4-6-19(17)22(25)30-21(18)13-15/h7-13,20,24H,3-6H2,1-2H3/t20-/m1/s1. The van der Waals surface area contributed by atoms with Gasteiger partial charge in [-0.1, -0.05) is 24.6 Å². The quantitative estimate of drug-likeness (QED) is 0.358. The fourth-order valence-electron chi connectivity index (χ4n) is 3.79. The van der Waals surface area contributed by atoms with Crippen molar-refractivity contribution >= 4 is 27.0 Å². The lowest BCUT2D eigenvalue weighted by Crippen LogP contribution is -2.42. The van der Waals surface area contributed by atoms with Crippen LogP contribution in [-0.2, 0) is 27.7 Å². The zero-order chi connectivity index (χ0) is 22.2. The van der Waals surface area contributed by atoms with Gasteiger partial charge in [-0.25, -0.2) is 18.0 Å². The number of ether oxygens (including phenoxy) is 1. The average Bonchev–Trinajstić information content (AvgIpc) is 3.23. The Morgan fingerprint density at radius 3 is 2.55 bits per heavy atom. The van der Waals surface area contributed by atoms with Crippen LogP contribution in [0.3, 0.4) is 0 Å². The van der Waals surface area contributed by atoms with Gasteiger partial charge in [-0.15, -0.1) is 0 Å². The molecular formula is C23H23NO6S. The van der Waals surface area contributed by atoms with Crippen LogP contribution in [0, 0.1) is 6.92 Å². The molecule has 162 valence electrons. The molecule has 1 N–H and O–H groups in total. The summed E-state index contributed by atoms with van der Waals surface area (Å²) in [4.78, 5) is 24.9. The molecule has 1 aliphatic carbocycles. The molecule has 0 saturated carbocycles. The topological polar surface area (TPSA) is 103 Å². The molecule has 0 aliphatic heterocycles. The van der Waals surface area contributed by atoms with Gasteiger partial charge in [-0.3, -0.25) is 0 Å². The van der Waals surface area contributed by atoms with E-state index in [1.807, 2.05) is 6.92 Å². The molecule has 4 rings (SSSR count). The number of benzene rings is 2. The Morgan fingerprint density at radius 1 is 1.13 bits per heavy atom. The lowest BCUT2D eigenvalue weighted by Gasteiger charge is -2.16. The number of carbonyl (C=O) groups excluding carboxylic acids is 1. The van der Waals surface area contributed by atoms with E-state index in [1.165, 1.54) is 18.2 Å². The zero-order valence-electron chi connectivity index (χ0n) is 17.3. The van der Waals surface area contributed by atoms with Crippen LogP contribution in [0.2, 0.25) is 0 Å². The summed E-state index contributed by atoms with van der Waals surface area (Å²) in [6, 6.07) is 10.2. The molecule has 1 aromatic heterocycles. The van der Waals surface area contributed by atoms with Crippen molar-refractivity contribution in [1.29, 1.82) is 0 Å². The Morgan fingerprint density at radius 2 is 1.84 bits per heavy atom. The van der Waals surface area contributed by atoms with Gasteiger partial charge in [0.2, 0.25) is 10.0 Å². The summed E-state index contributed by atoms with van der Waals surface area (Å²) in [6.45, 7) is 3.54. The predicted molar refractivity (Wildman–Crippen MR) is 116 cm³/mol. The Hall–Kier alpha value is -2.97. The van der Waals surface area contributed by atoms with Crippen molar-refractivity contribution in [3.8, 4) is 5.75 Å². The van der Waals surface area contributed by atoms with Crippen LogP contribution in [0.25, 0.3) is 11.0 Å². The van der Waals surface area contributed by atoms with Crippen LogP contribution in [0.5, 0.6) is 5.75 Å². The first kappa shape index (κ1) is 21.3. The van der Waals surface area contributed by atoms with Crippen LogP contribution in [0.15, 0.2) is 56.6 Å². The molecule has 0 unspecified atom stereocenters. The Balaban J connectivity index is 1.55. The second kappa shape index (κ2) is 8.28. The van der Waals surface area contributed by atoms with E-state index in [9.17, 15) is 18.0 Å². The average molecular weight is 442 g/mol. The van der Waals surface area contributed by atoms with Gasteiger partial charge in [0.15, 0.2) is 0 Å². The molecule has 0 radical (unpaired) electrons. The highest BCUT2D eigenvalue weighted by Gasteiger charge is 2.26. The molecule has 7 nitrogen and oxygen atoms in total. The molecule has 0 fully saturated rings. The van der Waals surface area contributed by atoms with E-state index in [2.05, 4.69) is 4.72 Å². The van der Waals surface area contributed by atoms with Crippen molar-refractivity contribution in [1.82, 2.24) is 4.72 Å². The number of nitrogens with one attached hydrogen (secondary N) is 1. The first-order chi connectivity index (χ1) is 14.8. The van der Waals surface area contributed by atoms with Crippen molar-refractivity contribution in [2.45, 2.75) is 50.5 Å². The van der Waals surface area contributed by atoms with E-state index in [-0.39, 0.29) is 22.7 Å². The van der Waals surface area contributed by atoms with E-state index < -0.39 is 22.0 Å². The van der Waals surface area contributed by atoms with Crippen molar-refractivity contribution in [2.75, 3.05) is 0 Å². The van der Waals surface area contributed by atoms with Crippen LogP contribution in [-0.4, -0.2) is 20.4 Å². The first-order valence-corrected chi connectivity index (χ1v) is 11.7. The number of hydrogen-bond donors (Lipinski definition) is 1. The smallest absolute Gasteiger partial charge is 0.339 e. The van der Waals surface area contributed by atoms with Gasteiger partial charge in [0.1, 0.15) is 17.4 Å². The molecule has 0 spiro atoms. The van der Waals surface area contributed by atoms with E-state index in [1.54, 1.807) is 31.2 Å². The van der Waals surface area contributed by atoms with Gasteiger partial charge in [0.05, 0.1) is 4.90 Å². The summed E-state index contributed by atoms with van der Waals surface area (Å²) in [5.41, 5.74) is 2.62. The number of carbonyl (C=O) groups is 1. The van der Waals surface area contributed by atoms with Crippen molar-refractivity contribution < 1.29 is 22.4 Å². The van der Waals surface area contributed by atoms with Gasteiger partial charge in [-0.05, 0) is 62.4 Å². The highest BCUT2D eigenvalue weighted by Crippen LogP contribution is 2.29. The summed E-state index contributed by atoms with van der Waals surface area (Å²) in [7, 11) is -3.88. The maximum Gasteiger partial charge on any atom is 0.339 e. The molecule has 8 heteroatoms. The summed E-state index contributed by atoms with van der Waals surface area (Å²) in [6.07, 6.45) is 2.65. The maximum absolute atomic E-state index is 12.7. The highest BCUT2D eigenvalue weighted by molar-refractivity contribution is 7.89. The Labute approximate surface area is 180 Å². The van der Waals surface area contributed by atoms with E-state index in [0.717, 1.165) is 29.4 Å². The number of aryl methyl sites for hydroxylation is 2.